The quantitative estimate of drug-likeness (QED) is 0.625. The van der Waals surface area contributed by atoms with Crippen LogP contribution in [0.5, 0.6) is 0 Å². The van der Waals surface area contributed by atoms with Crippen LogP contribution < -0.4 is 5.32 Å². The molecule has 1 heterocycles. The SMILES string of the molecule is CCCC(C)(OC1=C(C2CCNCC2)CCC=C1C)c1ccc(Cl)cc1. The van der Waals surface area contributed by atoms with Crippen LogP contribution in [-0.2, 0) is 10.3 Å². The summed E-state index contributed by atoms with van der Waals surface area (Å²) in [6, 6.07) is 8.18. The maximum Gasteiger partial charge on any atom is 0.131 e. The summed E-state index contributed by atoms with van der Waals surface area (Å²) in [4.78, 5) is 0. The van der Waals surface area contributed by atoms with Gasteiger partial charge in [0.1, 0.15) is 11.4 Å². The second-order valence-electron chi connectivity index (χ2n) is 7.89. The van der Waals surface area contributed by atoms with E-state index in [1.165, 1.54) is 24.0 Å². The Morgan fingerprint density at radius 3 is 2.54 bits per heavy atom. The minimum Gasteiger partial charge on any atom is -0.483 e. The van der Waals surface area contributed by atoms with Gasteiger partial charge in [-0.15, -0.1) is 0 Å². The molecule has 1 atom stereocenters. The Morgan fingerprint density at radius 1 is 1.19 bits per heavy atom. The average Bonchev–Trinajstić information content (AvgIpc) is 2.65. The van der Waals surface area contributed by atoms with E-state index in [2.05, 4.69) is 44.3 Å². The van der Waals surface area contributed by atoms with Gasteiger partial charge in [0.25, 0.3) is 0 Å². The molecule has 1 aliphatic carbocycles. The first kappa shape index (κ1) is 19.5. The average molecular weight is 374 g/mol. The molecule has 3 rings (SSSR count). The van der Waals surface area contributed by atoms with Crippen LogP contribution in [0.2, 0.25) is 5.02 Å². The Hall–Kier alpha value is -1.25. The molecular formula is C23H32ClNO. The Kier molecular flexibility index (Phi) is 6.47. The lowest BCUT2D eigenvalue weighted by Gasteiger charge is -2.37. The molecule has 0 radical (unpaired) electrons. The standard InChI is InChI=1S/C23H32ClNO/c1-4-14-23(3,19-8-10-20(24)11-9-19)26-22-17(2)6-5-7-21(22)18-12-15-25-16-13-18/h6,8-11,18,25H,4-5,7,12-16H2,1-3H3. The van der Waals surface area contributed by atoms with Gasteiger partial charge in [0.05, 0.1) is 0 Å². The van der Waals surface area contributed by atoms with Crippen LogP contribution in [0.25, 0.3) is 0 Å². The number of nitrogens with one attached hydrogen (secondary N) is 1. The topological polar surface area (TPSA) is 21.3 Å². The fraction of sp³-hybridized carbons (Fsp3) is 0.565. The lowest BCUT2D eigenvalue weighted by atomic mass is 9.82. The molecule has 1 unspecified atom stereocenters. The third-order valence-electron chi connectivity index (χ3n) is 5.86. The summed E-state index contributed by atoms with van der Waals surface area (Å²) in [5.41, 5.74) is 3.74. The first-order valence-corrected chi connectivity index (χ1v) is 10.5. The molecule has 142 valence electrons. The molecule has 0 aromatic heterocycles. The number of piperidine rings is 1. The minimum atomic E-state index is -0.320. The second-order valence-corrected chi connectivity index (χ2v) is 8.33. The monoisotopic (exact) mass is 373 g/mol. The molecule has 1 aliphatic heterocycles. The van der Waals surface area contributed by atoms with Crippen molar-refractivity contribution in [1.29, 1.82) is 0 Å². The van der Waals surface area contributed by atoms with E-state index in [-0.39, 0.29) is 5.60 Å². The summed E-state index contributed by atoms with van der Waals surface area (Å²) in [5, 5.41) is 4.26. The first-order chi connectivity index (χ1) is 12.5. The summed E-state index contributed by atoms with van der Waals surface area (Å²) in [6.45, 7) is 8.91. The molecule has 1 N–H and O–H groups in total. The zero-order chi connectivity index (χ0) is 18.6. The van der Waals surface area contributed by atoms with Crippen LogP contribution in [0.3, 0.4) is 0 Å². The molecule has 2 aliphatic rings. The molecule has 2 nitrogen and oxygen atoms in total. The Bertz CT molecular complexity index is 670. The van der Waals surface area contributed by atoms with Crippen molar-refractivity contribution in [3.8, 4) is 0 Å². The van der Waals surface area contributed by atoms with Gasteiger partial charge in [-0.25, -0.2) is 0 Å². The number of rotatable bonds is 6. The van der Waals surface area contributed by atoms with Crippen molar-refractivity contribution in [1.82, 2.24) is 5.32 Å². The number of halogens is 1. The van der Waals surface area contributed by atoms with Crippen molar-refractivity contribution in [2.75, 3.05) is 13.1 Å². The van der Waals surface area contributed by atoms with Crippen LogP contribution in [0.4, 0.5) is 0 Å². The number of ether oxygens (including phenoxy) is 1. The van der Waals surface area contributed by atoms with Crippen molar-refractivity contribution < 1.29 is 4.74 Å². The molecule has 1 fully saturated rings. The van der Waals surface area contributed by atoms with E-state index in [0.29, 0.717) is 5.92 Å². The molecule has 0 spiro atoms. The fourth-order valence-electron chi connectivity index (χ4n) is 4.37. The van der Waals surface area contributed by atoms with Crippen LogP contribution in [0.15, 0.2) is 47.2 Å². The van der Waals surface area contributed by atoms with Gasteiger partial charge in [-0.3, -0.25) is 0 Å². The number of allylic oxidation sites excluding steroid dienone is 3. The van der Waals surface area contributed by atoms with E-state index in [9.17, 15) is 0 Å². The zero-order valence-electron chi connectivity index (χ0n) is 16.4. The number of benzene rings is 1. The molecule has 1 aromatic rings. The van der Waals surface area contributed by atoms with Gasteiger partial charge in [-0.2, -0.15) is 0 Å². The smallest absolute Gasteiger partial charge is 0.131 e. The Morgan fingerprint density at radius 2 is 1.88 bits per heavy atom. The van der Waals surface area contributed by atoms with E-state index in [1.807, 2.05) is 12.1 Å². The highest BCUT2D eigenvalue weighted by atomic mass is 35.5. The van der Waals surface area contributed by atoms with Crippen molar-refractivity contribution >= 4 is 11.6 Å². The second kappa shape index (κ2) is 8.63. The van der Waals surface area contributed by atoms with Crippen molar-refractivity contribution in [2.24, 2.45) is 5.92 Å². The predicted molar refractivity (Wildman–Crippen MR) is 110 cm³/mol. The normalized spacial score (nSPS) is 21.3. The van der Waals surface area contributed by atoms with Gasteiger partial charge in [-0.05, 0) is 93.8 Å². The lowest BCUT2D eigenvalue weighted by molar-refractivity contribution is 0.00612. The number of hydrogen-bond acceptors (Lipinski definition) is 2. The van der Waals surface area contributed by atoms with Gasteiger partial charge >= 0.3 is 0 Å². The van der Waals surface area contributed by atoms with Crippen LogP contribution in [0, 0.1) is 5.92 Å². The summed E-state index contributed by atoms with van der Waals surface area (Å²) in [7, 11) is 0. The van der Waals surface area contributed by atoms with Gasteiger partial charge in [0.15, 0.2) is 0 Å². The zero-order valence-corrected chi connectivity index (χ0v) is 17.2. The first-order valence-electron chi connectivity index (χ1n) is 10.1. The Labute approximate surface area is 163 Å². The third kappa shape index (κ3) is 4.35. The Balaban J connectivity index is 1.95. The summed E-state index contributed by atoms with van der Waals surface area (Å²) >= 11 is 6.11. The molecule has 0 bridgehead atoms. The van der Waals surface area contributed by atoms with E-state index < -0.39 is 0 Å². The van der Waals surface area contributed by atoms with Gasteiger partial charge in [0, 0.05) is 5.02 Å². The van der Waals surface area contributed by atoms with E-state index in [4.69, 9.17) is 16.3 Å². The maximum absolute atomic E-state index is 6.87. The van der Waals surface area contributed by atoms with Crippen LogP contribution in [0.1, 0.15) is 64.9 Å². The highest BCUT2D eigenvalue weighted by molar-refractivity contribution is 6.30. The highest BCUT2D eigenvalue weighted by Crippen LogP contribution is 2.41. The minimum absolute atomic E-state index is 0.320. The van der Waals surface area contributed by atoms with Crippen molar-refractivity contribution in [3.63, 3.8) is 0 Å². The van der Waals surface area contributed by atoms with E-state index >= 15 is 0 Å². The largest absolute Gasteiger partial charge is 0.483 e. The summed E-state index contributed by atoms with van der Waals surface area (Å²) in [5.74, 6) is 1.82. The predicted octanol–water partition coefficient (Wildman–Crippen LogP) is 6.37. The van der Waals surface area contributed by atoms with E-state index in [1.54, 1.807) is 5.57 Å². The molecule has 0 saturated carbocycles. The fourth-order valence-corrected chi connectivity index (χ4v) is 4.49. The molecule has 0 amide bonds. The molecule has 1 saturated heterocycles. The maximum atomic E-state index is 6.87. The third-order valence-corrected chi connectivity index (χ3v) is 6.11. The molecule has 3 heteroatoms. The lowest BCUT2D eigenvalue weighted by Crippen LogP contribution is -2.31. The number of hydrogen-bond donors (Lipinski definition) is 1. The van der Waals surface area contributed by atoms with Crippen LogP contribution >= 0.6 is 11.6 Å². The van der Waals surface area contributed by atoms with Gasteiger partial charge in [0.2, 0.25) is 0 Å². The molecule has 26 heavy (non-hydrogen) atoms. The van der Waals surface area contributed by atoms with E-state index in [0.717, 1.165) is 49.6 Å². The van der Waals surface area contributed by atoms with Crippen molar-refractivity contribution in [3.05, 3.63) is 57.8 Å². The van der Waals surface area contributed by atoms with Crippen molar-refractivity contribution in [2.45, 2.75) is 64.9 Å². The molecular weight excluding hydrogens is 342 g/mol. The van der Waals surface area contributed by atoms with Gasteiger partial charge < -0.3 is 10.1 Å². The highest BCUT2D eigenvalue weighted by Gasteiger charge is 2.32. The summed E-state index contributed by atoms with van der Waals surface area (Å²) < 4.78 is 6.87. The van der Waals surface area contributed by atoms with Crippen LogP contribution in [-0.4, -0.2) is 13.1 Å². The van der Waals surface area contributed by atoms with Gasteiger partial charge in [-0.1, -0.05) is 43.2 Å². The molecule has 1 aromatic carbocycles. The summed E-state index contributed by atoms with van der Waals surface area (Å²) in [6.07, 6.45) is 9.14.